The zero-order valence-corrected chi connectivity index (χ0v) is 17.2. The summed E-state index contributed by atoms with van der Waals surface area (Å²) in [5.74, 6) is -1.43. The van der Waals surface area contributed by atoms with E-state index in [-0.39, 0.29) is 17.4 Å². The number of hydrogen-bond acceptors (Lipinski definition) is 4. The van der Waals surface area contributed by atoms with Crippen molar-refractivity contribution < 1.29 is 24.2 Å². The maximum Gasteiger partial charge on any atom is 0.310 e. The molecule has 0 bridgehead atoms. The van der Waals surface area contributed by atoms with Crippen LogP contribution in [0.15, 0.2) is 36.4 Å². The fourth-order valence-electron chi connectivity index (χ4n) is 3.26. The summed E-state index contributed by atoms with van der Waals surface area (Å²) in [6.45, 7) is 1.71. The van der Waals surface area contributed by atoms with Gasteiger partial charge in [-0.2, -0.15) is 0 Å². The molecule has 0 unspecified atom stereocenters. The van der Waals surface area contributed by atoms with Crippen molar-refractivity contribution in [2.75, 3.05) is 7.11 Å². The van der Waals surface area contributed by atoms with Gasteiger partial charge in [-0.15, -0.1) is 0 Å². The molecule has 0 saturated heterocycles. The van der Waals surface area contributed by atoms with Gasteiger partial charge in [0.2, 0.25) is 0 Å². The van der Waals surface area contributed by atoms with Gasteiger partial charge in [0.25, 0.3) is 5.91 Å². The summed E-state index contributed by atoms with van der Waals surface area (Å²) in [6.07, 6.45) is -0.694. The number of ketones is 1. The predicted octanol–water partition coefficient (Wildman–Crippen LogP) is 4.54. The summed E-state index contributed by atoms with van der Waals surface area (Å²) >= 11 is 12.0. The molecule has 150 valence electrons. The van der Waals surface area contributed by atoms with E-state index in [9.17, 15) is 14.4 Å². The third-order valence-electron chi connectivity index (χ3n) is 4.63. The number of methoxy groups -OCH3 is 1. The Bertz CT molecular complexity index is 1150. The number of carbonyl (C=O) groups is 3. The van der Waals surface area contributed by atoms with E-state index in [1.807, 2.05) is 0 Å². The number of carboxylic acid groups (broad SMARTS) is 1. The highest BCUT2D eigenvalue weighted by atomic mass is 35.5. The van der Waals surface area contributed by atoms with Gasteiger partial charge < -0.3 is 9.84 Å². The van der Waals surface area contributed by atoms with E-state index < -0.39 is 18.2 Å². The minimum atomic E-state index is -1.19. The quantitative estimate of drug-likeness (QED) is 0.576. The first kappa shape index (κ1) is 20.9. The number of benzene rings is 2. The SMILES string of the molecule is COc1ccc2c(c1)c(CC(=O)CC(=O)O)c(C)n2C(=O)c1ccc(Cl)c(Cl)c1. The standard InChI is InChI=1S/C21H17Cl2NO5/c1-11-15(8-13(25)9-20(26)27)16-10-14(29-2)4-6-19(16)24(11)21(28)12-3-5-17(22)18(23)7-12/h3-7,10H,8-9H2,1-2H3,(H,26,27). The molecule has 3 rings (SSSR count). The topological polar surface area (TPSA) is 85.6 Å². The number of halogens is 2. The Balaban J connectivity index is 2.17. The second kappa shape index (κ2) is 8.27. The summed E-state index contributed by atoms with van der Waals surface area (Å²) in [6, 6.07) is 9.75. The number of nitrogens with zero attached hydrogens (tertiary/aromatic N) is 1. The minimum absolute atomic E-state index is 0.108. The highest BCUT2D eigenvalue weighted by molar-refractivity contribution is 6.42. The summed E-state index contributed by atoms with van der Waals surface area (Å²) in [5, 5.41) is 10.1. The Morgan fingerprint density at radius 1 is 1.07 bits per heavy atom. The van der Waals surface area contributed by atoms with Crippen molar-refractivity contribution in [1.82, 2.24) is 4.57 Å². The maximum atomic E-state index is 13.2. The third kappa shape index (κ3) is 4.13. The van der Waals surface area contributed by atoms with Gasteiger partial charge >= 0.3 is 5.97 Å². The number of fused-ring (bicyclic) bond motifs is 1. The molecule has 0 radical (unpaired) electrons. The van der Waals surface area contributed by atoms with Crippen molar-refractivity contribution in [3.05, 3.63) is 63.3 Å². The van der Waals surface area contributed by atoms with Gasteiger partial charge in [-0.1, -0.05) is 23.2 Å². The number of aromatic nitrogens is 1. The Labute approximate surface area is 176 Å². The smallest absolute Gasteiger partial charge is 0.310 e. The molecule has 0 spiro atoms. The highest BCUT2D eigenvalue weighted by Crippen LogP contribution is 2.31. The number of carboxylic acids is 1. The van der Waals surface area contributed by atoms with Crippen LogP contribution in [0.4, 0.5) is 0 Å². The second-order valence-corrected chi connectivity index (χ2v) is 7.32. The van der Waals surface area contributed by atoms with Gasteiger partial charge in [0.1, 0.15) is 18.0 Å². The zero-order valence-electron chi connectivity index (χ0n) is 15.7. The van der Waals surface area contributed by atoms with E-state index in [4.69, 9.17) is 33.0 Å². The number of carbonyl (C=O) groups excluding carboxylic acids is 2. The van der Waals surface area contributed by atoms with Crippen LogP contribution in [0.25, 0.3) is 10.9 Å². The summed E-state index contributed by atoms with van der Waals surface area (Å²) < 4.78 is 6.75. The fraction of sp³-hybridized carbons (Fsp3) is 0.190. The van der Waals surface area contributed by atoms with Crippen molar-refractivity contribution in [3.63, 3.8) is 0 Å². The molecule has 1 aromatic heterocycles. The maximum absolute atomic E-state index is 13.2. The van der Waals surface area contributed by atoms with E-state index in [0.29, 0.717) is 38.5 Å². The van der Waals surface area contributed by atoms with E-state index in [1.54, 1.807) is 37.3 Å². The van der Waals surface area contributed by atoms with Gasteiger partial charge in [-0.05, 0) is 48.9 Å². The molecule has 0 fully saturated rings. The van der Waals surface area contributed by atoms with Crippen LogP contribution >= 0.6 is 23.2 Å². The molecular weight excluding hydrogens is 417 g/mol. The van der Waals surface area contributed by atoms with Crippen molar-refractivity contribution >= 4 is 51.8 Å². The lowest BCUT2D eigenvalue weighted by atomic mass is 10.0. The lowest BCUT2D eigenvalue weighted by Gasteiger charge is -2.09. The van der Waals surface area contributed by atoms with Gasteiger partial charge in [-0.25, -0.2) is 0 Å². The fourth-order valence-corrected chi connectivity index (χ4v) is 3.56. The molecule has 0 aliphatic heterocycles. The number of Topliss-reactive ketones (excluding diaryl/α,β-unsaturated/α-hetero) is 1. The van der Waals surface area contributed by atoms with Crippen LogP contribution in [0.1, 0.15) is 28.0 Å². The van der Waals surface area contributed by atoms with Crippen LogP contribution in [0.5, 0.6) is 5.75 Å². The zero-order chi connectivity index (χ0) is 21.3. The van der Waals surface area contributed by atoms with Crippen LogP contribution in [0, 0.1) is 6.92 Å². The normalized spacial score (nSPS) is 10.9. The van der Waals surface area contributed by atoms with Crippen molar-refractivity contribution in [2.24, 2.45) is 0 Å². The summed E-state index contributed by atoms with van der Waals surface area (Å²) in [4.78, 5) is 36.3. The number of ether oxygens (including phenoxy) is 1. The Morgan fingerprint density at radius 3 is 2.41 bits per heavy atom. The molecular formula is C21H17Cl2NO5. The summed E-state index contributed by atoms with van der Waals surface area (Å²) in [5.41, 5.74) is 2.04. The van der Waals surface area contributed by atoms with Crippen LogP contribution in [0.2, 0.25) is 10.0 Å². The molecule has 6 nitrogen and oxygen atoms in total. The van der Waals surface area contributed by atoms with Gasteiger partial charge in [-0.3, -0.25) is 19.0 Å². The Morgan fingerprint density at radius 2 is 1.79 bits per heavy atom. The highest BCUT2D eigenvalue weighted by Gasteiger charge is 2.23. The molecule has 0 aliphatic rings. The molecule has 1 N–H and O–H groups in total. The molecule has 29 heavy (non-hydrogen) atoms. The predicted molar refractivity (Wildman–Crippen MR) is 110 cm³/mol. The van der Waals surface area contributed by atoms with Crippen LogP contribution in [0.3, 0.4) is 0 Å². The Hall–Kier alpha value is -2.83. The second-order valence-electron chi connectivity index (χ2n) is 6.50. The molecule has 8 heteroatoms. The minimum Gasteiger partial charge on any atom is -0.497 e. The average molecular weight is 434 g/mol. The van der Waals surface area contributed by atoms with Crippen molar-refractivity contribution in [1.29, 1.82) is 0 Å². The van der Waals surface area contributed by atoms with Crippen LogP contribution in [-0.4, -0.2) is 34.4 Å². The van der Waals surface area contributed by atoms with Gasteiger partial charge in [0, 0.05) is 23.1 Å². The van der Waals surface area contributed by atoms with E-state index in [1.165, 1.54) is 17.7 Å². The lowest BCUT2D eigenvalue weighted by Crippen LogP contribution is -2.15. The molecule has 2 aromatic carbocycles. The molecule has 0 atom stereocenters. The van der Waals surface area contributed by atoms with E-state index >= 15 is 0 Å². The number of rotatable bonds is 6. The molecule has 3 aromatic rings. The number of aliphatic carboxylic acids is 1. The van der Waals surface area contributed by atoms with Crippen LogP contribution in [-0.2, 0) is 16.0 Å². The molecule has 0 aliphatic carbocycles. The molecule has 1 heterocycles. The van der Waals surface area contributed by atoms with Crippen LogP contribution < -0.4 is 4.74 Å². The monoisotopic (exact) mass is 433 g/mol. The molecule has 0 saturated carbocycles. The molecule has 0 amide bonds. The lowest BCUT2D eigenvalue weighted by molar-refractivity contribution is -0.140. The summed E-state index contributed by atoms with van der Waals surface area (Å²) in [7, 11) is 1.52. The first-order chi connectivity index (χ1) is 13.7. The van der Waals surface area contributed by atoms with Gasteiger partial charge in [0.15, 0.2) is 0 Å². The van der Waals surface area contributed by atoms with Crippen molar-refractivity contribution in [2.45, 2.75) is 19.8 Å². The first-order valence-electron chi connectivity index (χ1n) is 8.64. The van der Waals surface area contributed by atoms with E-state index in [2.05, 4.69) is 0 Å². The first-order valence-corrected chi connectivity index (χ1v) is 9.39. The van der Waals surface area contributed by atoms with Crippen molar-refractivity contribution in [3.8, 4) is 5.75 Å². The van der Waals surface area contributed by atoms with Gasteiger partial charge in [0.05, 0.1) is 22.7 Å². The largest absolute Gasteiger partial charge is 0.497 e. The number of hydrogen-bond donors (Lipinski definition) is 1. The van der Waals surface area contributed by atoms with E-state index in [0.717, 1.165) is 0 Å². The Kier molecular flexibility index (Phi) is 5.96. The third-order valence-corrected chi connectivity index (χ3v) is 5.37. The average Bonchev–Trinajstić information content (AvgIpc) is 2.93.